The Morgan fingerprint density at radius 2 is 1.64 bits per heavy atom. The summed E-state index contributed by atoms with van der Waals surface area (Å²) in [6.07, 6.45) is 1.40. The fraction of sp³-hybridized carbons (Fsp3) is 0.300. The number of rotatable bonds is 8. The molecule has 0 aliphatic heterocycles. The number of nitrogens with zero attached hydrogens (tertiary/aromatic N) is 1. The maximum absolute atomic E-state index is 12.6. The van der Waals surface area contributed by atoms with Crippen molar-refractivity contribution in [1.29, 1.82) is 0 Å². The molecule has 0 saturated carbocycles. The number of hydrogen-bond donors (Lipinski definition) is 2. The zero-order chi connectivity index (χ0) is 18.1. The normalized spacial score (nSPS) is 10.3. The summed E-state index contributed by atoms with van der Waals surface area (Å²) in [5.74, 6) is -0.0416. The molecule has 0 aliphatic rings. The maximum Gasteiger partial charge on any atom is 0.231 e. The first-order chi connectivity index (χ1) is 12.1. The standard InChI is InChI=1S/C20H24N2O3/c1-21-19(24)12-11-16-7-9-17(10-8-16)15-20(25)22(13-14-23)18-5-3-2-4-6-18/h2-10,23H,11-15H2,1H3,(H,21,24). The van der Waals surface area contributed by atoms with Crippen LogP contribution < -0.4 is 10.2 Å². The van der Waals surface area contributed by atoms with Gasteiger partial charge >= 0.3 is 0 Å². The number of para-hydroxylation sites is 1. The van der Waals surface area contributed by atoms with Crippen molar-refractivity contribution in [3.8, 4) is 0 Å². The molecule has 5 nitrogen and oxygen atoms in total. The van der Waals surface area contributed by atoms with Crippen LogP contribution in [0.2, 0.25) is 0 Å². The summed E-state index contributed by atoms with van der Waals surface area (Å²) in [7, 11) is 1.63. The van der Waals surface area contributed by atoms with Gasteiger partial charge in [-0.25, -0.2) is 0 Å². The van der Waals surface area contributed by atoms with Gasteiger partial charge in [-0.2, -0.15) is 0 Å². The molecule has 0 bridgehead atoms. The van der Waals surface area contributed by atoms with E-state index in [9.17, 15) is 14.7 Å². The molecule has 2 amide bonds. The van der Waals surface area contributed by atoms with E-state index in [0.717, 1.165) is 16.8 Å². The topological polar surface area (TPSA) is 69.6 Å². The fourth-order valence-corrected chi connectivity index (χ4v) is 2.58. The van der Waals surface area contributed by atoms with E-state index in [2.05, 4.69) is 5.32 Å². The quantitative estimate of drug-likeness (QED) is 0.771. The first-order valence-electron chi connectivity index (χ1n) is 8.38. The second-order valence-corrected chi connectivity index (χ2v) is 5.77. The summed E-state index contributed by atoms with van der Waals surface area (Å²) in [6.45, 7) is 0.187. The third-order valence-electron chi connectivity index (χ3n) is 3.99. The smallest absolute Gasteiger partial charge is 0.231 e. The van der Waals surface area contributed by atoms with Crippen LogP contribution in [0.15, 0.2) is 54.6 Å². The molecule has 0 aromatic heterocycles. The molecular formula is C20H24N2O3. The van der Waals surface area contributed by atoms with Crippen molar-refractivity contribution in [2.24, 2.45) is 0 Å². The number of amides is 2. The van der Waals surface area contributed by atoms with Gasteiger partial charge in [0.05, 0.1) is 13.0 Å². The molecule has 0 spiro atoms. The Labute approximate surface area is 148 Å². The second-order valence-electron chi connectivity index (χ2n) is 5.77. The highest BCUT2D eigenvalue weighted by Gasteiger charge is 2.15. The zero-order valence-corrected chi connectivity index (χ0v) is 14.4. The summed E-state index contributed by atoms with van der Waals surface area (Å²) in [5.41, 5.74) is 2.76. The van der Waals surface area contributed by atoms with Crippen molar-refractivity contribution in [2.75, 3.05) is 25.1 Å². The van der Waals surface area contributed by atoms with Gasteiger partial charge in [0, 0.05) is 25.7 Å². The highest BCUT2D eigenvalue weighted by atomic mass is 16.3. The third-order valence-corrected chi connectivity index (χ3v) is 3.99. The molecular weight excluding hydrogens is 316 g/mol. The van der Waals surface area contributed by atoms with E-state index in [4.69, 9.17) is 0 Å². The Balaban J connectivity index is 1.99. The minimum Gasteiger partial charge on any atom is -0.395 e. The average molecular weight is 340 g/mol. The second kappa shape index (κ2) is 9.59. The molecule has 132 valence electrons. The van der Waals surface area contributed by atoms with Crippen molar-refractivity contribution in [1.82, 2.24) is 5.32 Å². The maximum atomic E-state index is 12.6. The molecule has 0 aliphatic carbocycles. The lowest BCUT2D eigenvalue weighted by molar-refractivity contribution is -0.120. The highest BCUT2D eigenvalue weighted by molar-refractivity contribution is 5.94. The Kier molecular flexibility index (Phi) is 7.16. The van der Waals surface area contributed by atoms with Crippen molar-refractivity contribution < 1.29 is 14.7 Å². The number of hydrogen-bond acceptors (Lipinski definition) is 3. The molecule has 2 aromatic rings. The van der Waals surface area contributed by atoms with E-state index in [-0.39, 0.29) is 31.4 Å². The van der Waals surface area contributed by atoms with Gasteiger partial charge in [0.25, 0.3) is 0 Å². The third kappa shape index (κ3) is 5.72. The average Bonchev–Trinajstić information content (AvgIpc) is 2.65. The van der Waals surface area contributed by atoms with Gasteiger partial charge in [0.2, 0.25) is 11.8 Å². The summed E-state index contributed by atoms with van der Waals surface area (Å²) in [4.78, 5) is 25.5. The first kappa shape index (κ1) is 18.7. The van der Waals surface area contributed by atoms with Crippen molar-refractivity contribution in [3.05, 3.63) is 65.7 Å². The van der Waals surface area contributed by atoms with Crippen LogP contribution in [0.25, 0.3) is 0 Å². The lowest BCUT2D eigenvalue weighted by atomic mass is 10.0. The van der Waals surface area contributed by atoms with Crippen LogP contribution in [0, 0.1) is 0 Å². The Bertz CT molecular complexity index is 684. The van der Waals surface area contributed by atoms with Crippen LogP contribution in [0.1, 0.15) is 17.5 Å². The number of anilines is 1. The minimum absolute atomic E-state index is 0.0155. The van der Waals surface area contributed by atoms with Crippen molar-refractivity contribution >= 4 is 17.5 Å². The lowest BCUT2D eigenvalue weighted by Gasteiger charge is -2.22. The number of benzene rings is 2. The van der Waals surface area contributed by atoms with Crippen molar-refractivity contribution in [3.63, 3.8) is 0 Å². The number of carbonyl (C=O) groups excluding carboxylic acids is 2. The summed E-state index contributed by atoms with van der Waals surface area (Å²) in [6, 6.07) is 17.1. The van der Waals surface area contributed by atoms with E-state index in [1.165, 1.54) is 0 Å². The lowest BCUT2D eigenvalue weighted by Crippen LogP contribution is -2.34. The Morgan fingerprint density at radius 3 is 2.24 bits per heavy atom. The van der Waals surface area contributed by atoms with Crippen LogP contribution in [-0.2, 0) is 22.4 Å². The molecule has 0 atom stereocenters. The molecule has 0 radical (unpaired) electrons. The van der Waals surface area contributed by atoms with E-state index in [1.807, 2.05) is 54.6 Å². The molecule has 2 aromatic carbocycles. The minimum atomic E-state index is -0.0843. The first-order valence-corrected chi connectivity index (χ1v) is 8.38. The molecule has 5 heteroatoms. The fourth-order valence-electron chi connectivity index (χ4n) is 2.58. The molecule has 25 heavy (non-hydrogen) atoms. The van der Waals surface area contributed by atoms with Gasteiger partial charge < -0.3 is 15.3 Å². The number of aliphatic hydroxyl groups is 1. The molecule has 0 fully saturated rings. The largest absolute Gasteiger partial charge is 0.395 e. The Morgan fingerprint density at radius 1 is 1.00 bits per heavy atom. The predicted octanol–water partition coefficient (Wildman–Crippen LogP) is 1.93. The molecule has 0 saturated heterocycles. The number of aryl methyl sites for hydroxylation is 1. The molecule has 0 unspecified atom stereocenters. The van der Waals surface area contributed by atoms with Gasteiger partial charge in [-0.05, 0) is 29.7 Å². The van der Waals surface area contributed by atoms with E-state index in [0.29, 0.717) is 12.8 Å². The SMILES string of the molecule is CNC(=O)CCc1ccc(CC(=O)N(CCO)c2ccccc2)cc1. The number of aliphatic hydroxyl groups excluding tert-OH is 1. The number of carbonyl (C=O) groups is 2. The highest BCUT2D eigenvalue weighted by Crippen LogP contribution is 2.15. The molecule has 2 rings (SSSR count). The van der Waals surface area contributed by atoms with Gasteiger partial charge in [-0.3, -0.25) is 9.59 Å². The van der Waals surface area contributed by atoms with E-state index in [1.54, 1.807) is 11.9 Å². The van der Waals surface area contributed by atoms with Crippen LogP contribution in [0.3, 0.4) is 0 Å². The monoisotopic (exact) mass is 340 g/mol. The molecule has 0 heterocycles. The van der Waals surface area contributed by atoms with Crippen LogP contribution >= 0.6 is 0 Å². The van der Waals surface area contributed by atoms with Crippen LogP contribution in [0.5, 0.6) is 0 Å². The van der Waals surface area contributed by atoms with Gasteiger partial charge in [-0.1, -0.05) is 42.5 Å². The van der Waals surface area contributed by atoms with Crippen molar-refractivity contribution in [2.45, 2.75) is 19.3 Å². The van der Waals surface area contributed by atoms with Crippen LogP contribution in [-0.4, -0.2) is 37.1 Å². The summed E-state index contributed by atoms with van der Waals surface area (Å²) >= 11 is 0. The number of nitrogens with one attached hydrogen (secondary N) is 1. The molecule has 2 N–H and O–H groups in total. The zero-order valence-electron chi connectivity index (χ0n) is 14.4. The predicted molar refractivity (Wildman–Crippen MR) is 98.4 cm³/mol. The van der Waals surface area contributed by atoms with E-state index >= 15 is 0 Å². The van der Waals surface area contributed by atoms with Gasteiger partial charge in [0.15, 0.2) is 0 Å². The van der Waals surface area contributed by atoms with Gasteiger partial charge in [0.1, 0.15) is 0 Å². The summed E-state index contributed by atoms with van der Waals surface area (Å²) in [5, 5.41) is 11.9. The Hall–Kier alpha value is -2.66. The summed E-state index contributed by atoms with van der Waals surface area (Å²) < 4.78 is 0. The van der Waals surface area contributed by atoms with E-state index < -0.39 is 0 Å². The van der Waals surface area contributed by atoms with Gasteiger partial charge in [-0.15, -0.1) is 0 Å². The van der Waals surface area contributed by atoms with Crippen LogP contribution in [0.4, 0.5) is 5.69 Å².